The summed E-state index contributed by atoms with van der Waals surface area (Å²) in [5.41, 5.74) is 1.05. The molecule has 1 aliphatic heterocycles. The predicted molar refractivity (Wildman–Crippen MR) is 91.8 cm³/mol. The van der Waals surface area contributed by atoms with Crippen molar-refractivity contribution in [1.29, 1.82) is 0 Å². The molecule has 23 heavy (non-hydrogen) atoms. The van der Waals surface area contributed by atoms with E-state index in [0.717, 1.165) is 30.6 Å². The maximum Gasteiger partial charge on any atom is 0.279 e. The van der Waals surface area contributed by atoms with Crippen LogP contribution in [0.5, 0.6) is 5.75 Å². The molecule has 0 bridgehead atoms. The molecule has 1 atom stereocenters. The van der Waals surface area contributed by atoms with Crippen molar-refractivity contribution in [1.82, 2.24) is 13.9 Å². The summed E-state index contributed by atoms with van der Waals surface area (Å²) < 4.78 is 34.3. The Hall–Kier alpha value is -1.15. The number of benzene rings is 1. The van der Waals surface area contributed by atoms with Crippen LogP contribution in [-0.2, 0) is 10.2 Å². The molecular formula is C16H27N3O3S. The Morgan fingerprint density at radius 2 is 1.78 bits per heavy atom. The van der Waals surface area contributed by atoms with Gasteiger partial charge in [0.1, 0.15) is 5.75 Å². The molecule has 1 aromatic carbocycles. The lowest BCUT2D eigenvalue weighted by atomic mass is 10.1. The van der Waals surface area contributed by atoms with Crippen molar-refractivity contribution in [2.24, 2.45) is 0 Å². The number of ether oxygens (including phenoxy) is 1. The first-order valence-corrected chi connectivity index (χ1v) is 9.43. The zero-order valence-electron chi connectivity index (χ0n) is 14.2. The lowest BCUT2D eigenvalue weighted by molar-refractivity contribution is 0.292. The fourth-order valence-electron chi connectivity index (χ4n) is 2.81. The van der Waals surface area contributed by atoms with Gasteiger partial charge in [0, 0.05) is 25.7 Å². The molecule has 0 radical (unpaired) electrons. The third kappa shape index (κ3) is 4.91. The van der Waals surface area contributed by atoms with Crippen molar-refractivity contribution < 1.29 is 13.2 Å². The van der Waals surface area contributed by atoms with Gasteiger partial charge >= 0.3 is 0 Å². The van der Waals surface area contributed by atoms with Crippen LogP contribution in [-0.4, -0.2) is 58.5 Å². The van der Waals surface area contributed by atoms with Crippen molar-refractivity contribution in [2.45, 2.75) is 25.3 Å². The summed E-state index contributed by atoms with van der Waals surface area (Å²) in [6.45, 7) is 1.58. The van der Waals surface area contributed by atoms with E-state index in [1.54, 1.807) is 11.4 Å². The van der Waals surface area contributed by atoms with Crippen LogP contribution in [0.3, 0.4) is 0 Å². The molecule has 1 aromatic rings. The summed E-state index contributed by atoms with van der Waals surface area (Å²) in [4.78, 5) is 2.01. The van der Waals surface area contributed by atoms with E-state index in [1.807, 2.05) is 43.3 Å². The van der Waals surface area contributed by atoms with Crippen LogP contribution in [0.2, 0.25) is 0 Å². The zero-order valence-corrected chi connectivity index (χ0v) is 15.0. The highest BCUT2D eigenvalue weighted by atomic mass is 32.2. The lowest BCUT2D eigenvalue weighted by Gasteiger charge is -2.29. The fraction of sp³-hybridized carbons (Fsp3) is 0.625. The first-order valence-electron chi connectivity index (χ1n) is 7.99. The van der Waals surface area contributed by atoms with E-state index in [-0.39, 0.29) is 6.04 Å². The van der Waals surface area contributed by atoms with Crippen LogP contribution < -0.4 is 9.46 Å². The van der Waals surface area contributed by atoms with Crippen molar-refractivity contribution in [3.05, 3.63) is 29.8 Å². The maximum absolute atomic E-state index is 12.4. The molecule has 0 aliphatic carbocycles. The van der Waals surface area contributed by atoms with Gasteiger partial charge in [-0.05, 0) is 44.6 Å². The van der Waals surface area contributed by atoms with Gasteiger partial charge in [-0.2, -0.15) is 12.7 Å². The van der Waals surface area contributed by atoms with Crippen molar-refractivity contribution in [3.8, 4) is 5.75 Å². The van der Waals surface area contributed by atoms with Gasteiger partial charge in [-0.1, -0.05) is 18.6 Å². The average Bonchev–Trinajstić information content (AvgIpc) is 2.56. The van der Waals surface area contributed by atoms with Gasteiger partial charge in [-0.3, -0.25) is 0 Å². The Kier molecular flexibility index (Phi) is 6.41. The number of rotatable bonds is 7. The highest BCUT2D eigenvalue weighted by Gasteiger charge is 2.25. The van der Waals surface area contributed by atoms with Gasteiger partial charge in [-0.25, -0.2) is 4.72 Å². The van der Waals surface area contributed by atoms with Crippen molar-refractivity contribution in [2.75, 3.05) is 40.8 Å². The van der Waals surface area contributed by atoms with E-state index in [4.69, 9.17) is 4.74 Å². The summed E-state index contributed by atoms with van der Waals surface area (Å²) in [6, 6.07) is 7.70. The molecule has 1 heterocycles. The minimum absolute atomic E-state index is 0.0273. The highest BCUT2D eigenvalue weighted by Crippen LogP contribution is 2.21. The van der Waals surface area contributed by atoms with Crippen LogP contribution in [0.4, 0.5) is 0 Å². The quantitative estimate of drug-likeness (QED) is 0.819. The fourth-order valence-corrected chi connectivity index (χ4v) is 4.10. The van der Waals surface area contributed by atoms with Crippen molar-refractivity contribution >= 4 is 10.2 Å². The molecule has 1 saturated heterocycles. The summed E-state index contributed by atoms with van der Waals surface area (Å²) in [5, 5.41) is 0. The number of likely N-dealkylation sites (N-methyl/N-ethyl adjacent to an activating group) is 1. The van der Waals surface area contributed by atoms with Gasteiger partial charge in [0.2, 0.25) is 0 Å². The average molecular weight is 341 g/mol. The van der Waals surface area contributed by atoms with E-state index >= 15 is 0 Å². The second-order valence-electron chi connectivity index (χ2n) is 6.07. The molecule has 0 spiro atoms. The number of methoxy groups -OCH3 is 1. The summed E-state index contributed by atoms with van der Waals surface area (Å²) in [7, 11) is 2.13. The highest BCUT2D eigenvalue weighted by molar-refractivity contribution is 7.87. The van der Waals surface area contributed by atoms with E-state index in [0.29, 0.717) is 19.6 Å². The van der Waals surface area contributed by atoms with Gasteiger partial charge in [0.15, 0.2) is 0 Å². The Balaban J connectivity index is 2.04. The number of hydrogen-bond acceptors (Lipinski definition) is 4. The Bertz CT molecular complexity index is 581. The minimum Gasteiger partial charge on any atom is -0.497 e. The molecule has 130 valence electrons. The van der Waals surface area contributed by atoms with Gasteiger partial charge in [0.05, 0.1) is 7.11 Å². The largest absolute Gasteiger partial charge is 0.497 e. The normalized spacial score (nSPS) is 18.1. The number of nitrogens with zero attached hydrogens (tertiary/aromatic N) is 2. The van der Waals surface area contributed by atoms with Crippen molar-refractivity contribution in [3.63, 3.8) is 0 Å². The summed E-state index contributed by atoms with van der Waals surface area (Å²) in [5.74, 6) is 0.792. The second-order valence-corrected chi connectivity index (χ2v) is 7.82. The second kappa shape index (κ2) is 8.10. The van der Waals surface area contributed by atoms with Gasteiger partial charge in [0.25, 0.3) is 10.2 Å². The number of hydrogen-bond donors (Lipinski definition) is 1. The minimum atomic E-state index is -3.40. The van der Waals surface area contributed by atoms with E-state index in [1.165, 1.54) is 0 Å². The lowest BCUT2D eigenvalue weighted by Crippen LogP contribution is -2.45. The van der Waals surface area contributed by atoms with Crippen LogP contribution in [0.1, 0.15) is 30.9 Å². The van der Waals surface area contributed by atoms with Gasteiger partial charge < -0.3 is 9.64 Å². The molecular weight excluding hydrogens is 314 g/mol. The molecule has 0 aromatic heterocycles. The van der Waals surface area contributed by atoms with E-state index in [2.05, 4.69) is 4.72 Å². The Morgan fingerprint density at radius 3 is 2.30 bits per heavy atom. The molecule has 7 heteroatoms. The third-order valence-electron chi connectivity index (χ3n) is 4.24. The first kappa shape index (κ1) is 18.2. The predicted octanol–water partition coefficient (Wildman–Crippen LogP) is 1.62. The molecule has 0 amide bonds. The van der Waals surface area contributed by atoms with Crippen LogP contribution >= 0.6 is 0 Å². The molecule has 2 rings (SSSR count). The molecule has 1 fully saturated rings. The smallest absolute Gasteiger partial charge is 0.279 e. The first-order chi connectivity index (χ1) is 10.9. The van der Waals surface area contributed by atoms with Gasteiger partial charge in [-0.15, -0.1) is 0 Å². The molecule has 6 nitrogen and oxygen atoms in total. The summed E-state index contributed by atoms with van der Waals surface area (Å²) >= 11 is 0. The summed E-state index contributed by atoms with van der Waals surface area (Å²) in [6.07, 6.45) is 2.99. The van der Waals surface area contributed by atoms with Crippen LogP contribution in [0, 0.1) is 0 Å². The number of piperidine rings is 1. The Morgan fingerprint density at radius 1 is 1.17 bits per heavy atom. The number of nitrogens with one attached hydrogen (secondary N) is 1. The molecule has 0 unspecified atom stereocenters. The monoisotopic (exact) mass is 341 g/mol. The van der Waals surface area contributed by atoms with Crippen LogP contribution in [0.15, 0.2) is 24.3 Å². The topological polar surface area (TPSA) is 61.9 Å². The third-order valence-corrected chi connectivity index (χ3v) is 5.81. The van der Waals surface area contributed by atoms with E-state index in [9.17, 15) is 8.42 Å². The molecule has 1 aliphatic rings. The Labute approximate surface area is 139 Å². The van der Waals surface area contributed by atoms with E-state index < -0.39 is 10.2 Å². The molecule has 0 saturated carbocycles. The maximum atomic E-state index is 12.4. The molecule has 1 N–H and O–H groups in total. The standard InChI is InChI=1S/C16H27N3O3S/c1-18(2)16(14-7-9-15(22-3)10-8-14)13-17-23(20,21)19-11-5-4-6-12-19/h7-10,16-17H,4-6,11-13H2,1-3H3/t16-/m1/s1. The SMILES string of the molecule is COc1ccc([C@@H](CNS(=O)(=O)N2CCCCC2)N(C)C)cc1. The van der Waals surface area contributed by atoms with Crippen LogP contribution in [0.25, 0.3) is 0 Å². The zero-order chi connectivity index (χ0) is 16.9.